The molecule has 2 rings (SSSR count). The Balaban J connectivity index is 1.67. The smallest absolute Gasteiger partial charge is 0.119 e. The van der Waals surface area contributed by atoms with E-state index in [9.17, 15) is 0 Å². The molecule has 0 saturated carbocycles. The Kier molecular flexibility index (Phi) is 7.50. The van der Waals surface area contributed by atoms with Crippen LogP contribution in [0.4, 0.5) is 0 Å². The Hall–Kier alpha value is -1.84. The molecule has 0 aliphatic carbocycles. The quantitative estimate of drug-likeness (QED) is 0.677. The molecule has 118 valence electrons. The van der Waals surface area contributed by atoms with E-state index in [4.69, 9.17) is 9.47 Å². The maximum Gasteiger partial charge on any atom is 0.119 e. The van der Waals surface area contributed by atoms with E-state index < -0.39 is 0 Å². The van der Waals surface area contributed by atoms with Gasteiger partial charge >= 0.3 is 0 Å². The average Bonchev–Trinajstić information content (AvgIpc) is 2.58. The Bertz CT molecular complexity index is 511. The third-order valence-corrected chi connectivity index (χ3v) is 3.45. The van der Waals surface area contributed by atoms with Gasteiger partial charge in [0.1, 0.15) is 12.4 Å². The fourth-order valence-electron chi connectivity index (χ4n) is 2.17. The van der Waals surface area contributed by atoms with Crippen molar-refractivity contribution in [2.24, 2.45) is 0 Å². The number of hydrogen-bond acceptors (Lipinski definition) is 3. The maximum atomic E-state index is 5.78. The molecule has 0 aromatic heterocycles. The first-order valence-electron chi connectivity index (χ1n) is 7.84. The summed E-state index contributed by atoms with van der Waals surface area (Å²) in [7, 11) is 1.74. The molecule has 0 amide bonds. The lowest BCUT2D eigenvalue weighted by atomic mass is 10.2. The molecule has 22 heavy (non-hydrogen) atoms. The van der Waals surface area contributed by atoms with Crippen molar-refractivity contribution in [3.63, 3.8) is 0 Å². The largest absolute Gasteiger partial charge is 0.489 e. The highest BCUT2D eigenvalue weighted by atomic mass is 16.5. The number of nitrogens with one attached hydrogen (secondary N) is 1. The lowest BCUT2D eigenvalue weighted by Crippen LogP contribution is -2.15. The highest BCUT2D eigenvalue weighted by Crippen LogP contribution is 2.14. The van der Waals surface area contributed by atoms with E-state index in [0.717, 1.165) is 38.3 Å². The summed E-state index contributed by atoms with van der Waals surface area (Å²) < 4.78 is 10.8. The Labute approximate surface area is 133 Å². The van der Waals surface area contributed by atoms with Crippen LogP contribution in [-0.4, -0.2) is 20.3 Å². The van der Waals surface area contributed by atoms with Gasteiger partial charge in [0, 0.05) is 20.3 Å². The summed E-state index contributed by atoms with van der Waals surface area (Å²) in [5.41, 5.74) is 2.46. The molecule has 0 aliphatic heterocycles. The molecule has 0 fully saturated rings. The monoisotopic (exact) mass is 299 g/mol. The van der Waals surface area contributed by atoms with Gasteiger partial charge in [-0.3, -0.25) is 0 Å². The molecule has 3 heteroatoms. The average molecular weight is 299 g/mol. The Morgan fingerprint density at radius 2 is 1.64 bits per heavy atom. The van der Waals surface area contributed by atoms with Crippen molar-refractivity contribution in [3.05, 3.63) is 65.7 Å². The molecule has 0 aliphatic rings. The highest BCUT2D eigenvalue weighted by molar-refractivity contribution is 5.27. The predicted molar refractivity (Wildman–Crippen MR) is 90.0 cm³/mol. The third kappa shape index (κ3) is 6.29. The van der Waals surface area contributed by atoms with Gasteiger partial charge in [-0.25, -0.2) is 0 Å². The summed E-state index contributed by atoms with van der Waals surface area (Å²) in [6.45, 7) is 3.37. The lowest BCUT2D eigenvalue weighted by molar-refractivity contribution is 0.192. The zero-order chi connectivity index (χ0) is 15.5. The molecule has 0 bridgehead atoms. The van der Waals surface area contributed by atoms with E-state index in [-0.39, 0.29) is 0 Å². The summed E-state index contributed by atoms with van der Waals surface area (Å²) in [4.78, 5) is 0. The molecule has 0 spiro atoms. The van der Waals surface area contributed by atoms with Gasteiger partial charge in [-0.1, -0.05) is 42.5 Å². The number of ether oxygens (including phenoxy) is 2. The second-order valence-electron chi connectivity index (χ2n) is 5.29. The molecule has 2 aromatic carbocycles. The number of methoxy groups -OCH3 is 1. The van der Waals surface area contributed by atoms with E-state index in [1.807, 2.05) is 30.3 Å². The SMILES string of the molecule is COCCCCNCc1ccc(OCc2ccccc2)cc1. The second kappa shape index (κ2) is 9.98. The van der Waals surface area contributed by atoms with Crippen LogP contribution >= 0.6 is 0 Å². The second-order valence-corrected chi connectivity index (χ2v) is 5.29. The van der Waals surface area contributed by atoms with Crippen LogP contribution in [0.3, 0.4) is 0 Å². The van der Waals surface area contributed by atoms with E-state index in [2.05, 4.69) is 29.6 Å². The van der Waals surface area contributed by atoms with Crippen molar-refractivity contribution in [2.75, 3.05) is 20.3 Å². The fraction of sp³-hybridized carbons (Fsp3) is 0.368. The molecule has 0 radical (unpaired) electrons. The number of benzene rings is 2. The van der Waals surface area contributed by atoms with Gasteiger partial charge in [0.25, 0.3) is 0 Å². The molecular formula is C19H25NO2. The molecule has 3 nitrogen and oxygen atoms in total. The molecule has 1 N–H and O–H groups in total. The summed E-state index contributed by atoms with van der Waals surface area (Å²) >= 11 is 0. The molecule has 0 saturated heterocycles. The first-order chi connectivity index (χ1) is 10.9. The van der Waals surface area contributed by atoms with Crippen LogP contribution in [0.25, 0.3) is 0 Å². The summed E-state index contributed by atoms with van der Waals surface area (Å²) in [5.74, 6) is 0.910. The molecular weight excluding hydrogens is 274 g/mol. The first kappa shape index (κ1) is 16.5. The third-order valence-electron chi connectivity index (χ3n) is 3.45. The summed E-state index contributed by atoms with van der Waals surface area (Å²) in [6.07, 6.45) is 2.25. The number of rotatable bonds is 10. The molecule has 0 heterocycles. The van der Waals surface area contributed by atoms with Crippen LogP contribution in [0.1, 0.15) is 24.0 Å². The van der Waals surface area contributed by atoms with Crippen molar-refractivity contribution in [1.29, 1.82) is 0 Å². The topological polar surface area (TPSA) is 30.5 Å². The summed E-state index contributed by atoms with van der Waals surface area (Å²) in [6, 6.07) is 18.5. The highest BCUT2D eigenvalue weighted by Gasteiger charge is 1.97. The van der Waals surface area contributed by atoms with Crippen molar-refractivity contribution >= 4 is 0 Å². The van der Waals surface area contributed by atoms with E-state index in [0.29, 0.717) is 6.61 Å². The van der Waals surface area contributed by atoms with E-state index >= 15 is 0 Å². The van der Waals surface area contributed by atoms with Crippen molar-refractivity contribution < 1.29 is 9.47 Å². The van der Waals surface area contributed by atoms with Gasteiger partial charge in [-0.15, -0.1) is 0 Å². The minimum Gasteiger partial charge on any atom is -0.489 e. The standard InChI is InChI=1S/C19H25NO2/c1-21-14-6-5-13-20-15-17-9-11-19(12-10-17)22-16-18-7-3-2-4-8-18/h2-4,7-12,20H,5-6,13-16H2,1H3. The van der Waals surface area contributed by atoms with Gasteiger partial charge in [0.2, 0.25) is 0 Å². The van der Waals surface area contributed by atoms with Crippen LogP contribution in [0, 0.1) is 0 Å². The predicted octanol–water partition coefficient (Wildman–Crippen LogP) is 3.78. The van der Waals surface area contributed by atoms with Crippen LogP contribution in [-0.2, 0) is 17.9 Å². The lowest BCUT2D eigenvalue weighted by Gasteiger charge is -2.08. The first-order valence-corrected chi connectivity index (χ1v) is 7.84. The van der Waals surface area contributed by atoms with Crippen LogP contribution in [0.2, 0.25) is 0 Å². The summed E-state index contributed by atoms with van der Waals surface area (Å²) in [5, 5.41) is 3.44. The van der Waals surface area contributed by atoms with Crippen LogP contribution in [0.15, 0.2) is 54.6 Å². The van der Waals surface area contributed by atoms with Gasteiger partial charge in [0.05, 0.1) is 0 Å². The molecule has 0 atom stereocenters. The van der Waals surface area contributed by atoms with Crippen molar-refractivity contribution in [1.82, 2.24) is 5.32 Å². The minimum atomic E-state index is 0.609. The molecule has 2 aromatic rings. The molecule has 0 unspecified atom stereocenters. The van der Waals surface area contributed by atoms with E-state index in [1.165, 1.54) is 11.1 Å². The van der Waals surface area contributed by atoms with Crippen LogP contribution < -0.4 is 10.1 Å². The number of unbranched alkanes of at least 4 members (excludes halogenated alkanes) is 1. The van der Waals surface area contributed by atoms with Crippen molar-refractivity contribution in [3.8, 4) is 5.75 Å². The maximum absolute atomic E-state index is 5.78. The van der Waals surface area contributed by atoms with Crippen LogP contribution in [0.5, 0.6) is 5.75 Å². The van der Waals surface area contributed by atoms with Gasteiger partial charge in [-0.2, -0.15) is 0 Å². The van der Waals surface area contributed by atoms with Crippen molar-refractivity contribution in [2.45, 2.75) is 26.0 Å². The van der Waals surface area contributed by atoms with E-state index in [1.54, 1.807) is 7.11 Å². The Morgan fingerprint density at radius 1 is 0.864 bits per heavy atom. The fourth-order valence-corrected chi connectivity index (χ4v) is 2.17. The zero-order valence-electron chi connectivity index (χ0n) is 13.3. The van der Waals surface area contributed by atoms with Gasteiger partial charge in [0.15, 0.2) is 0 Å². The minimum absolute atomic E-state index is 0.609. The normalized spacial score (nSPS) is 10.6. The van der Waals surface area contributed by atoms with Gasteiger partial charge < -0.3 is 14.8 Å². The van der Waals surface area contributed by atoms with Gasteiger partial charge in [-0.05, 0) is 42.6 Å². The Morgan fingerprint density at radius 3 is 2.36 bits per heavy atom. The number of hydrogen-bond donors (Lipinski definition) is 1. The zero-order valence-corrected chi connectivity index (χ0v) is 13.3.